The van der Waals surface area contributed by atoms with Gasteiger partial charge in [-0.1, -0.05) is 18.2 Å². The summed E-state index contributed by atoms with van der Waals surface area (Å²) < 4.78 is 2.15. The van der Waals surface area contributed by atoms with Crippen LogP contribution in [0.25, 0.3) is 10.9 Å². The van der Waals surface area contributed by atoms with E-state index >= 15 is 0 Å². The Morgan fingerprint density at radius 1 is 1.38 bits per heavy atom. The minimum Gasteiger partial charge on any atom is -0.316 e. The predicted octanol–water partition coefficient (Wildman–Crippen LogP) is 2.04. The van der Waals surface area contributed by atoms with Crippen molar-refractivity contribution in [2.45, 2.75) is 19.4 Å². The molecule has 1 unspecified atom stereocenters. The van der Waals surface area contributed by atoms with Gasteiger partial charge in [0.15, 0.2) is 0 Å². The molecule has 3 nitrogen and oxygen atoms in total. The Bertz CT molecular complexity index is 469. The molecule has 2 aromatic rings. The highest BCUT2D eigenvalue weighted by molar-refractivity contribution is 5.78. The molecular formula is C13H17N3. The van der Waals surface area contributed by atoms with Gasteiger partial charge in [-0.05, 0) is 37.9 Å². The zero-order chi connectivity index (χ0) is 10.8. The van der Waals surface area contributed by atoms with Gasteiger partial charge in [0.2, 0.25) is 0 Å². The smallest absolute Gasteiger partial charge is 0.0682 e. The first-order valence-electron chi connectivity index (χ1n) is 6.05. The lowest BCUT2D eigenvalue weighted by Gasteiger charge is -2.22. The van der Waals surface area contributed by atoms with Crippen LogP contribution in [0.2, 0.25) is 0 Å². The molecule has 1 aromatic heterocycles. The van der Waals surface area contributed by atoms with E-state index in [0.29, 0.717) is 0 Å². The molecular weight excluding hydrogens is 198 g/mol. The topological polar surface area (TPSA) is 29.9 Å². The van der Waals surface area contributed by atoms with E-state index in [4.69, 9.17) is 0 Å². The standard InChI is InChI=1S/C13H17N3/c1-2-6-13-12(5-1)9-15-16(13)10-11-4-3-7-14-8-11/h1-2,5-6,9,11,14H,3-4,7-8,10H2. The highest BCUT2D eigenvalue weighted by Crippen LogP contribution is 2.17. The lowest BCUT2D eigenvalue weighted by molar-refractivity contribution is 0.329. The molecule has 1 aliphatic rings. The van der Waals surface area contributed by atoms with Crippen molar-refractivity contribution in [3.8, 4) is 0 Å². The van der Waals surface area contributed by atoms with Crippen LogP contribution in [0.3, 0.4) is 0 Å². The maximum atomic E-state index is 4.48. The fraction of sp³-hybridized carbons (Fsp3) is 0.462. The Morgan fingerprint density at radius 3 is 3.19 bits per heavy atom. The maximum Gasteiger partial charge on any atom is 0.0682 e. The van der Waals surface area contributed by atoms with Crippen LogP contribution in [0.4, 0.5) is 0 Å². The van der Waals surface area contributed by atoms with Crippen molar-refractivity contribution in [1.82, 2.24) is 15.1 Å². The van der Waals surface area contributed by atoms with Crippen molar-refractivity contribution in [1.29, 1.82) is 0 Å². The fourth-order valence-corrected chi connectivity index (χ4v) is 2.50. The molecule has 1 N–H and O–H groups in total. The molecule has 1 aliphatic heterocycles. The Kier molecular flexibility index (Phi) is 2.62. The Labute approximate surface area is 95.5 Å². The Hall–Kier alpha value is -1.35. The number of piperidine rings is 1. The summed E-state index contributed by atoms with van der Waals surface area (Å²) >= 11 is 0. The monoisotopic (exact) mass is 215 g/mol. The van der Waals surface area contributed by atoms with Crippen LogP contribution in [-0.4, -0.2) is 22.9 Å². The first-order valence-corrected chi connectivity index (χ1v) is 6.05. The first-order chi connectivity index (χ1) is 7.93. The lowest BCUT2D eigenvalue weighted by Crippen LogP contribution is -2.32. The van der Waals surface area contributed by atoms with Gasteiger partial charge in [-0.15, -0.1) is 0 Å². The van der Waals surface area contributed by atoms with Crippen molar-refractivity contribution >= 4 is 10.9 Å². The zero-order valence-corrected chi connectivity index (χ0v) is 9.39. The molecule has 1 fully saturated rings. The molecule has 2 heterocycles. The number of hydrogen-bond donors (Lipinski definition) is 1. The van der Waals surface area contributed by atoms with E-state index < -0.39 is 0 Å². The number of para-hydroxylation sites is 1. The van der Waals surface area contributed by atoms with Gasteiger partial charge < -0.3 is 5.32 Å². The molecule has 1 saturated heterocycles. The summed E-state index contributed by atoms with van der Waals surface area (Å²) in [5.41, 5.74) is 1.26. The average molecular weight is 215 g/mol. The molecule has 0 bridgehead atoms. The van der Waals surface area contributed by atoms with Gasteiger partial charge in [-0.3, -0.25) is 4.68 Å². The van der Waals surface area contributed by atoms with Crippen LogP contribution >= 0.6 is 0 Å². The zero-order valence-electron chi connectivity index (χ0n) is 9.39. The molecule has 16 heavy (non-hydrogen) atoms. The van der Waals surface area contributed by atoms with Crippen molar-refractivity contribution in [2.24, 2.45) is 5.92 Å². The van der Waals surface area contributed by atoms with Gasteiger partial charge in [0.05, 0.1) is 11.7 Å². The second-order valence-electron chi connectivity index (χ2n) is 4.60. The molecule has 0 aliphatic carbocycles. The molecule has 0 radical (unpaired) electrons. The van der Waals surface area contributed by atoms with Crippen LogP contribution in [0, 0.1) is 5.92 Å². The van der Waals surface area contributed by atoms with Crippen molar-refractivity contribution in [2.75, 3.05) is 13.1 Å². The number of fused-ring (bicyclic) bond motifs is 1. The molecule has 1 atom stereocenters. The van der Waals surface area contributed by atoms with Crippen LogP contribution in [-0.2, 0) is 6.54 Å². The SMILES string of the molecule is c1ccc2c(c1)cnn2CC1CCCNC1. The van der Waals surface area contributed by atoms with Gasteiger partial charge in [0.1, 0.15) is 0 Å². The largest absolute Gasteiger partial charge is 0.316 e. The minimum absolute atomic E-state index is 0.733. The summed E-state index contributed by atoms with van der Waals surface area (Å²) in [6.45, 7) is 3.35. The third-order valence-corrected chi connectivity index (χ3v) is 3.38. The highest BCUT2D eigenvalue weighted by Gasteiger charge is 2.14. The molecule has 3 rings (SSSR count). The van der Waals surface area contributed by atoms with Gasteiger partial charge >= 0.3 is 0 Å². The van der Waals surface area contributed by atoms with Crippen LogP contribution in [0.1, 0.15) is 12.8 Å². The Balaban J connectivity index is 1.83. The second kappa shape index (κ2) is 4.26. The molecule has 0 saturated carbocycles. The van der Waals surface area contributed by atoms with Crippen LogP contribution in [0.15, 0.2) is 30.5 Å². The quantitative estimate of drug-likeness (QED) is 0.830. The maximum absolute atomic E-state index is 4.48. The van der Waals surface area contributed by atoms with Crippen LogP contribution < -0.4 is 5.32 Å². The van der Waals surface area contributed by atoms with Gasteiger partial charge in [0, 0.05) is 11.9 Å². The first kappa shape index (κ1) is 9.85. The minimum atomic E-state index is 0.733. The highest BCUT2D eigenvalue weighted by atomic mass is 15.3. The molecule has 1 aromatic carbocycles. The summed E-state index contributed by atoms with van der Waals surface area (Å²) in [4.78, 5) is 0. The summed E-state index contributed by atoms with van der Waals surface area (Å²) in [5, 5.41) is 9.17. The number of hydrogen-bond acceptors (Lipinski definition) is 2. The molecule has 3 heteroatoms. The fourth-order valence-electron chi connectivity index (χ4n) is 2.50. The summed E-state index contributed by atoms with van der Waals surface area (Å²) in [6.07, 6.45) is 4.58. The van der Waals surface area contributed by atoms with E-state index in [1.807, 2.05) is 6.20 Å². The van der Waals surface area contributed by atoms with Gasteiger partial charge in [0.25, 0.3) is 0 Å². The van der Waals surface area contributed by atoms with Crippen molar-refractivity contribution < 1.29 is 0 Å². The molecule has 0 spiro atoms. The van der Waals surface area contributed by atoms with Gasteiger partial charge in [-0.2, -0.15) is 5.10 Å². The van der Waals surface area contributed by atoms with E-state index in [1.165, 1.54) is 30.3 Å². The van der Waals surface area contributed by atoms with Crippen molar-refractivity contribution in [3.63, 3.8) is 0 Å². The van der Waals surface area contributed by atoms with E-state index in [2.05, 4.69) is 39.4 Å². The van der Waals surface area contributed by atoms with E-state index in [1.54, 1.807) is 0 Å². The predicted molar refractivity (Wildman–Crippen MR) is 65.3 cm³/mol. The number of rotatable bonds is 2. The molecule has 0 amide bonds. The number of nitrogens with one attached hydrogen (secondary N) is 1. The third kappa shape index (κ3) is 1.83. The summed E-state index contributed by atoms with van der Waals surface area (Å²) in [7, 11) is 0. The number of nitrogens with zero attached hydrogens (tertiary/aromatic N) is 2. The van der Waals surface area contributed by atoms with E-state index in [0.717, 1.165) is 19.0 Å². The average Bonchev–Trinajstić information content (AvgIpc) is 2.74. The summed E-state index contributed by atoms with van der Waals surface area (Å²) in [5.74, 6) is 0.733. The van der Waals surface area contributed by atoms with E-state index in [-0.39, 0.29) is 0 Å². The molecule has 84 valence electrons. The number of aromatic nitrogens is 2. The second-order valence-corrected chi connectivity index (χ2v) is 4.60. The van der Waals surface area contributed by atoms with Crippen molar-refractivity contribution in [3.05, 3.63) is 30.5 Å². The third-order valence-electron chi connectivity index (χ3n) is 3.38. The lowest BCUT2D eigenvalue weighted by atomic mass is 10.00. The van der Waals surface area contributed by atoms with Gasteiger partial charge in [-0.25, -0.2) is 0 Å². The number of benzene rings is 1. The normalized spacial score (nSPS) is 21.4. The van der Waals surface area contributed by atoms with Crippen LogP contribution in [0.5, 0.6) is 0 Å². The van der Waals surface area contributed by atoms with E-state index in [9.17, 15) is 0 Å². The Morgan fingerprint density at radius 2 is 2.31 bits per heavy atom. The summed E-state index contributed by atoms with van der Waals surface area (Å²) in [6, 6.07) is 8.42.